The fraction of sp³-hybridized carbons (Fsp3) is 0.222. The zero-order chi connectivity index (χ0) is 17.9. The summed E-state index contributed by atoms with van der Waals surface area (Å²) in [6.45, 7) is 3.73. The van der Waals surface area contributed by atoms with Crippen molar-refractivity contribution >= 4 is 29.1 Å². The molecule has 0 aliphatic rings. The largest absolute Gasteiger partial charge is 0.332 e. The number of amides is 2. The average Bonchev–Trinajstić information content (AvgIpc) is 2.51. The number of halogens is 2. The van der Waals surface area contributed by atoms with Crippen molar-refractivity contribution in [3.8, 4) is 0 Å². The number of likely N-dealkylation sites (N-methyl/N-ethyl adjacent to an activating group) is 1. The molecule has 0 aliphatic heterocycles. The van der Waals surface area contributed by atoms with E-state index >= 15 is 0 Å². The number of carbonyl (C=O) groups is 2. The van der Waals surface area contributed by atoms with Crippen LogP contribution in [0, 0.1) is 19.7 Å². The Bertz CT molecular complexity index is 793. The van der Waals surface area contributed by atoms with Crippen molar-refractivity contribution in [2.45, 2.75) is 13.8 Å². The first-order valence-electron chi connectivity index (χ1n) is 7.36. The predicted octanol–water partition coefficient (Wildman–Crippen LogP) is 3.81. The van der Waals surface area contributed by atoms with Gasteiger partial charge in [-0.2, -0.15) is 0 Å². The molecule has 0 spiro atoms. The van der Waals surface area contributed by atoms with E-state index in [1.54, 1.807) is 6.07 Å². The van der Waals surface area contributed by atoms with E-state index in [9.17, 15) is 14.0 Å². The Morgan fingerprint density at radius 2 is 1.92 bits per heavy atom. The molecular formula is C18H18ClFN2O2. The maximum atomic E-state index is 13.1. The van der Waals surface area contributed by atoms with Crippen molar-refractivity contribution in [2.24, 2.45) is 0 Å². The van der Waals surface area contributed by atoms with Crippen molar-refractivity contribution in [3.63, 3.8) is 0 Å². The van der Waals surface area contributed by atoms with Crippen molar-refractivity contribution < 1.29 is 14.0 Å². The summed E-state index contributed by atoms with van der Waals surface area (Å²) in [6.07, 6.45) is 0. The average molecular weight is 349 g/mol. The molecule has 0 radical (unpaired) electrons. The predicted molar refractivity (Wildman–Crippen MR) is 92.9 cm³/mol. The minimum absolute atomic E-state index is 0.0155. The van der Waals surface area contributed by atoms with Crippen LogP contribution in [0.5, 0.6) is 0 Å². The summed E-state index contributed by atoms with van der Waals surface area (Å²) < 4.78 is 13.1. The quantitative estimate of drug-likeness (QED) is 0.913. The monoisotopic (exact) mass is 348 g/mol. The standard InChI is InChI=1S/C18H18ClFN2O2/c1-11-5-4-6-16(12(11)2)21-17(23)10-22(3)18(24)14-8-7-13(20)9-15(14)19/h4-9H,10H2,1-3H3,(H,21,23). The normalized spacial score (nSPS) is 10.4. The lowest BCUT2D eigenvalue weighted by Gasteiger charge is -2.18. The molecular weight excluding hydrogens is 331 g/mol. The Balaban J connectivity index is 2.05. The lowest BCUT2D eigenvalue weighted by atomic mass is 10.1. The molecule has 0 aromatic heterocycles. The lowest BCUT2D eigenvalue weighted by molar-refractivity contribution is -0.116. The molecule has 0 unspecified atom stereocenters. The molecule has 2 aromatic carbocycles. The number of rotatable bonds is 4. The second-order valence-electron chi connectivity index (χ2n) is 5.58. The van der Waals surface area contributed by atoms with Gasteiger partial charge in [-0.05, 0) is 49.2 Å². The second-order valence-corrected chi connectivity index (χ2v) is 5.99. The van der Waals surface area contributed by atoms with Crippen molar-refractivity contribution in [1.29, 1.82) is 0 Å². The number of anilines is 1. The van der Waals surface area contributed by atoms with Gasteiger partial charge < -0.3 is 10.2 Å². The molecule has 1 N–H and O–H groups in total. The molecule has 2 rings (SSSR count). The minimum Gasteiger partial charge on any atom is -0.332 e. The third-order valence-electron chi connectivity index (χ3n) is 3.77. The van der Waals surface area contributed by atoms with Crippen LogP contribution in [-0.2, 0) is 4.79 Å². The van der Waals surface area contributed by atoms with Crippen LogP contribution in [-0.4, -0.2) is 30.3 Å². The molecule has 2 aromatic rings. The van der Waals surface area contributed by atoms with Gasteiger partial charge in [-0.3, -0.25) is 9.59 Å². The van der Waals surface area contributed by atoms with Gasteiger partial charge in [0, 0.05) is 12.7 Å². The second kappa shape index (κ2) is 7.45. The number of nitrogens with zero attached hydrogens (tertiary/aromatic N) is 1. The van der Waals surface area contributed by atoms with E-state index in [0.717, 1.165) is 23.3 Å². The van der Waals surface area contributed by atoms with E-state index in [4.69, 9.17) is 11.6 Å². The zero-order valence-corrected chi connectivity index (χ0v) is 14.4. The number of aryl methyl sites for hydroxylation is 1. The minimum atomic E-state index is -0.521. The van der Waals surface area contributed by atoms with Crippen molar-refractivity contribution in [3.05, 3.63) is 63.9 Å². The third kappa shape index (κ3) is 4.11. The summed E-state index contributed by atoms with van der Waals surface area (Å²) in [5, 5.41) is 2.80. The van der Waals surface area contributed by atoms with Crippen LogP contribution in [0.1, 0.15) is 21.5 Å². The summed E-state index contributed by atoms with van der Waals surface area (Å²) in [5.41, 5.74) is 2.90. The summed E-state index contributed by atoms with van der Waals surface area (Å²) in [7, 11) is 1.49. The third-order valence-corrected chi connectivity index (χ3v) is 4.08. The van der Waals surface area contributed by atoms with Gasteiger partial charge in [0.15, 0.2) is 0 Å². The van der Waals surface area contributed by atoms with Gasteiger partial charge in [0.2, 0.25) is 5.91 Å². The molecule has 0 heterocycles. The van der Waals surface area contributed by atoms with Gasteiger partial charge in [0.1, 0.15) is 5.82 Å². The lowest BCUT2D eigenvalue weighted by Crippen LogP contribution is -2.35. The van der Waals surface area contributed by atoms with Crippen LogP contribution < -0.4 is 5.32 Å². The molecule has 0 aliphatic carbocycles. The van der Waals surface area contributed by atoms with Crippen LogP contribution in [0.3, 0.4) is 0 Å². The Morgan fingerprint density at radius 1 is 1.21 bits per heavy atom. The highest BCUT2D eigenvalue weighted by Crippen LogP contribution is 2.20. The highest BCUT2D eigenvalue weighted by molar-refractivity contribution is 6.33. The number of nitrogens with one attached hydrogen (secondary N) is 1. The molecule has 0 saturated heterocycles. The fourth-order valence-electron chi connectivity index (χ4n) is 2.23. The van der Waals surface area contributed by atoms with E-state index in [2.05, 4.69) is 5.32 Å². The number of hydrogen-bond donors (Lipinski definition) is 1. The summed E-state index contributed by atoms with van der Waals surface area (Å²) in [5.74, 6) is -1.29. The van der Waals surface area contributed by atoms with Crippen LogP contribution in [0.25, 0.3) is 0 Å². The van der Waals surface area contributed by atoms with E-state index in [1.807, 2.05) is 26.0 Å². The molecule has 4 nitrogen and oxygen atoms in total. The van der Waals surface area contributed by atoms with Crippen LogP contribution >= 0.6 is 11.6 Å². The maximum absolute atomic E-state index is 13.1. The first-order valence-corrected chi connectivity index (χ1v) is 7.74. The van der Waals surface area contributed by atoms with Gasteiger partial charge in [-0.1, -0.05) is 23.7 Å². The SMILES string of the molecule is Cc1cccc(NC(=O)CN(C)C(=O)c2ccc(F)cc2Cl)c1C. The topological polar surface area (TPSA) is 49.4 Å². The van der Waals surface area contributed by atoms with Gasteiger partial charge in [0.05, 0.1) is 17.1 Å². The van der Waals surface area contributed by atoms with E-state index in [-0.39, 0.29) is 23.0 Å². The van der Waals surface area contributed by atoms with Gasteiger partial charge >= 0.3 is 0 Å². The first kappa shape index (κ1) is 17.9. The number of carbonyl (C=O) groups excluding carboxylic acids is 2. The number of hydrogen-bond acceptors (Lipinski definition) is 2. The number of benzene rings is 2. The Kier molecular flexibility index (Phi) is 5.57. The highest BCUT2D eigenvalue weighted by Gasteiger charge is 2.18. The van der Waals surface area contributed by atoms with Gasteiger partial charge in [-0.15, -0.1) is 0 Å². The molecule has 2 amide bonds. The Morgan fingerprint density at radius 3 is 2.58 bits per heavy atom. The molecule has 0 fully saturated rings. The Labute approximate surface area is 145 Å². The summed E-state index contributed by atoms with van der Waals surface area (Å²) in [4.78, 5) is 25.7. The molecule has 126 valence electrons. The van der Waals surface area contributed by atoms with Crippen molar-refractivity contribution in [2.75, 3.05) is 18.9 Å². The molecule has 0 atom stereocenters. The fourth-order valence-corrected chi connectivity index (χ4v) is 2.48. The van der Waals surface area contributed by atoms with E-state index in [1.165, 1.54) is 18.0 Å². The van der Waals surface area contributed by atoms with Crippen molar-refractivity contribution in [1.82, 2.24) is 4.90 Å². The summed E-state index contributed by atoms with van der Waals surface area (Å²) in [6, 6.07) is 9.14. The van der Waals surface area contributed by atoms with Crippen LogP contribution in [0.4, 0.5) is 10.1 Å². The van der Waals surface area contributed by atoms with E-state index < -0.39 is 11.7 Å². The van der Waals surface area contributed by atoms with E-state index in [0.29, 0.717) is 5.69 Å². The first-order chi connectivity index (χ1) is 11.3. The van der Waals surface area contributed by atoms with Gasteiger partial charge in [-0.25, -0.2) is 4.39 Å². The zero-order valence-electron chi connectivity index (χ0n) is 13.7. The van der Waals surface area contributed by atoms with Crippen LogP contribution in [0.2, 0.25) is 5.02 Å². The maximum Gasteiger partial charge on any atom is 0.255 e. The molecule has 0 bridgehead atoms. The van der Waals surface area contributed by atoms with Crippen LogP contribution in [0.15, 0.2) is 36.4 Å². The molecule has 6 heteroatoms. The Hall–Kier alpha value is -2.40. The molecule has 24 heavy (non-hydrogen) atoms. The molecule has 0 saturated carbocycles. The summed E-state index contributed by atoms with van der Waals surface area (Å²) >= 11 is 5.88. The smallest absolute Gasteiger partial charge is 0.255 e. The highest BCUT2D eigenvalue weighted by atomic mass is 35.5. The van der Waals surface area contributed by atoms with Gasteiger partial charge in [0.25, 0.3) is 5.91 Å².